The third-order valence-electron chi connectivity index (χ3n) is 4.55. The zero-order valence-electron chi connectivity index (χ0n) is 17.0. The molecule has 1 N–H and O–H groups in total. The maximum atomic E-state index is 12.0. The number of benzene rings is 2. The molecule has 1 amide bonds. The minimum Gasteiger partial charge on any atom is -0.488 e. The zero-order valence-corrected chi connectivity index (χ0v) is 19.1. The van der Waals surface area contributed by atoms with Crippen LogP contribution in [0, 0.1) is 3.57 Å². The Morgan fingerprint density at radius 3 is 2.60 bits per heavy atom. The van der Waals surface area contributed by atoms with Gasteiger partial charge in [-0.05, 0) is 78.4 Å². The van der Waals surface area contributed by atoms with Crippen LogP contribution in [0.15, 0.2) is 70.4 Å². The highest BCUT2D eigenvalue weighted by Crippen LogP contribution is 2.26. The van der Waals surface area contributed by atoms with Gasteiger partial charge in [-0.2, -0.15) is 5.10 Å². The van der Waals surface area contributed by atoms with E-state index in [4.69, 9.17) is 9.15 Å². The molecule has 0 bridgehead atoms. The smallest absolute Gasteiger partial charge is 0.307 e. The monoisotopic (exact) mass is 517 g/mol. The fourth-order valence-corrected chi connectivity index (χ4v) is 3.26. The van der Waals surface area contributed by atoms with Crippen molar-refractivity contribution in [2.75, 3.05) is 18.0 Å². The van der Waals surface area contributed by atoms with E-state index >= 15 is 0 Å². The van der Waals surface area contributed by atoms with Gasteiger partial charge in [-0.1, -0.05) is 12.1 Å². The summed E-state index contributed by atoms with van der Waals surface area (Å²) in [4.78, 5) is 14.2. The molecule has 3 aromatic rings. The van der Waals surface area contributed by atoms with Gasteiger partial charge in [0.05, 0.1) is 12.5 Å². The van der Waals surface area contributed by atoms with E-state index in [2.05, 4.69) is 64.0 Å². The van der Waals surface area contributed by atoms with Crippen molar-refractivity contribution in [3.63, 3.8) is 0 Å². The minimum absolute atomic E-state index is 0.208. The summed E-state index contributed by atoms with van der Waals surface area (Å²) >= 11 is 2.28. The van der Waals surface area contributed by atoms with Gasteiger partial charge in [0, 0.05) is 34.0 Å². The van der Waals surface area contributed by atoms with Gasteiger partial charge in [-0.3, -0.25) is 4.79 Å². The Bertz CT molecular complexity index is 981. The number of rotatable bonds is 9. The zero-order chi connectivity index (χ0) is 21.3. The number of carbonyl (C=O) groups is 1. The van der Waals surface area contributed by atoms with E-state index in [1.807, 2.05) is 30.3 Å². The molecule has 1 aromatic heterocycles. The highest BCUT2D eigenvalue weighted by Gasteiger charge is 2.10. The normalized spacial score (nSPS) is 10.9. The van der Waals surface area contributed by atoms with Gasteiger partial charge in [-0.25, -0.2) is 5.43 Å². The van der Waals surface area contributed by atoms with Gasteiger partial charge in [0.1, 0.15) is 12.4 Å². The molecule has 0 saturated heterocycles. The summed E-state index contributed by atoms with van der Waals surface area (Å²) in [5, 5.41) is 4.06. The highest BCUT2D eigenvalue weighted by molar-refractivity contribution is 14.1. The largest absolute Gasteiger partial charge is 0.488 e. The average molecular weight is 517 g/mol. The first-order valence-corrected chi connectivity index (χ1v) is 10.8. The van der Waals surface area contributed by atoms with Gasteiger partial charge in [-0.15, -0.1) is 0 Å². The van der Waals surface area contributed by atoms with Crippen LogP contribution in [0.5, 0.6) is 5.75 Å². The second-order valence-corrected chi connectivity index (χ2v) is 7.73. The first-order chi connectivity index (χ1) is 14.6. The second-order valence-electron chi connectivity index (χ2n) is 6.49. The van der Waals surface area contributed by atoms with E-state index in [1.165, 1.54) is 9.83 Å². The Morgan fingerprint density at radius 2 is 1.93 bits per heavy atom. The molecule has 0 aliphatic carbocycles. The van der Waals surface area contributed by atoms with Crippen LogP contribution in [-0.4, -0.2) is 25.2 Å². The SMILES string of the molecule is CCN(CC)c1ccc(/C=N/NC(=O)c2ccco2)c(OCc2ccc(I)cc2)c1. The van der Waals surface area contributed by atoms with Crippen molar-refractivity contribution < 1.29 is 13.9 Å². The van der Waals surface area contributed by atoms with Crippen molar-refractivity contribution in [2.24, 2.45) is 5.10 Å². The Kier molecular flexibility index (Phi) is 7.89. The van der Waals surface area contributed by atoms with Crippen LogP contribution in [-0.2, 0) is 6.61 Å². The fourth-order valence-electron chi connectivity index (χ4n) is 2.91. The van der Waals surface area contributed by atoms with Gasteiger partial charge < -0.3 is 14.1 Å². The number of amides is 1. The number of nitrogens with one attached hydrogen (secondary N) is 1. The van der Waals surface area contributed by atoms with Crippen LogP contribution < -0.4 is 15.1 Å². The first kappa shape index (κ1) is 21.9. The molecule has 0 aliphatic rings. The molecule has 30 heavy (non-hydrogen) atoms. The Hall–Kier alpha value is -2.81. The number of hydrogen-bond donors (Lipinski definition) is 1. The predicted molar refractivity (Wildman–Crippen MR) is 127 cm³/mol. The van der Waals surface area contributed by atoms with Gasteiger partial charge >= 0.3 is 5.91 Å². The summed E-state index contributed by atoms with van der Waals surface area (Å²) < 4.78 is 12.4. The predicted octanol–water partition coefficient (Wildman–Crippen LogP) is 5.07. The van der Waals surface area contributed by atoms with Crippen molar-refractivity contribution in [3.05, 3.63) is 81.3 Å². The minimum atomic E-state index is -0.405. The van der Waals surface area contributed by atoms with Crippen LogP contribution in [0.3, 0.4) is 0 Å². The molecule has 0 spiro atoms. The molecular formula is C23H24IN3O3. The number of ether oxygens (including phenoxy) is 1. The molecule has 2 aromatic carbocycles. The molecule has 7 heteroatoms. The maximum absolute atomic E-state index is 12.0. The number of furan rings is 1. The molecule has 0 fully saturated rings. The maximum Gasteiger partial charge on any atom is 0.307 e. The number of halogens is 1. The summed E-state index contributed by atoms with van der Waals surface area (Å²) in [5.74, 6) is 0.505. The van der Waals surface area contributed by atoms with Gasteiger partial charge in [0.15, 0.2) is 5.76 Å². The van der Waals surface area contributed by atoms with Crippen molar-refractivity contribution in [2.45, 2.75) is 20.5 Å². The van der Waals surface area contributed by atoms with E-state index in [0.29, 0.717) is 12.4 Å². The van der Waals surface area contributed by atoms with E-state index in [1.54, 1.807) is 18.3 Å². The lowest BCUT2D eigenvalue weighted by Gasteiger charge is -2.22. The summed E-state index contributed by atoms with van der Waals surface area (Å²) in [5.41, 5.74) is 5.40. The first-order valence-electron chi connectivity index (χ1n) is 9.73. The van der Waals surface area contributed by atoms with Crippen molar-refractivity contribution in [1.29, 1.82) is 0 Å². The molecule has 6 nitrogen and oxygen atoms in total. The second kappa shape index (κ2) is 10.8. The van der Waals surface area contributed by atoms with E-state index in [-0.39, 0.29) is 5.76 Å². The number of nitrogens with zero attached hydrogens (tertiary/aromatic N) is 2. The van der Waals surface area contributed by atoms with Crippen molar-refractivity contribution in [3.8, 4) is 5.75 Å². The third-order valence-corrected chi connectivity index (χ3v) is 5.27. The molecule has 0 aliphatic heterocycles. The van der Waals surface area contributed by atoms with Crippen LogP contribution in [0.2, 0.25) is 0 Å². The van der Waals surface area contributed by atoms with E-state index in [9.17, 15) is 4.79 Å². The van der Waals surface area contributed by atoms with Gasteiger partial charge in [0.25, 0.3) is 0 Å². The Labute approximate surface area is 190 Å². The molecule has 3 rings (SSSR count). The van der Waals surface area contributed by atoms with Crippen LogP contribution in [0.25, 0.3) is 0 Å². The molecule has 0 atom stereocenters. The number of carbonyl (C=O) groups excluding carboxylic acids is 1. The van der Waals surface area contributed by atoms with Crippen molar-refractivity contribution >= 4 is 40.4 Å². The molecule has 0 unspecified atom stereocenters. The number of hydrazone groups is 1. The highest BCUT2D eigenvalue weighted by atomic mass is 127. The molecule has 1 heterocycles. The molecule has 156 valence electrons. The third kappa shape index (κ3) is 5.85. The Morgan fingerprint density at radius 1 is 1.17 bits per heavy atom. The molecule has 0 saturated carbocycles. The summed E-state index contributed by atoms with van der Waals surface area (Å²) in [7, 11) is 0. The van der Waals surface area contributed by atoms with Gasteiger partial charge in [0.2, 0.25) is 0 Å². The van der Waals surface area contributed by atoms with Crippen LogP contribution >= 0.6 is 22.6 Å². The number of hydrogen-bond acceptors (Lipinski definition) is 5. The van der Waals surface area contributed by atoms with Crippen LogP contribution in [0.4, 0.5) is 5.69 Å². The topological polar surface area (TPSA) is 67.1 Å². The van der Waals surface area contributed by atoms with Crippen molar-refractivity contribution in [1.82, 2.24) is 5.43 Å². The summed E-state index contributed by atoms with van der Waals surface area (Å²) in [6.07, 6.45) is 3.03. The lowest BCUT2D eigenvalue weighted by atomic mass is 10.1. The molecular weight excluding hydrogens is 493 g/mol. The van der Waals surface area contributed by atoms with E-state index < -0.39 is 5.91 Å². The lowest BCUT2D eigenvalue weighted by Crippen LogP contribution is -2.21. The molecule has 0 radical (unpaired) electrons. The lowest BCUT2D eigenvalue weighted by molar-refractivity contribution is 0.0927. The average Bonchev–Trinajstić information content (AvgIpc) is 3.30. The Balaban J connectivity index is 1.78. The number of anilines is 1. The fraction of sp³-hybridized carbons (Fsp3) is 0.217. The summed E-state index contributed by atoms with van der Waals surface area (Å²) in [6, 6.07) is 17.4. The standard InChI is InChI=1S/C23H24IN3O3/c1-3-27(4-2)20-12-9-18(15-25-26-23(28)21-6-5-13-29-21)22(14-20)30-16-17-7-10-19(24)11-8-17/h5-15H,3-4,16H2,1-2H3,(H,26,28)/b25-15+. The quantitative estimate of drug-likeness (QED) is 0.245. The summed E-state index contributed by atoms with van der Waals surface area (Å²) in [6.45, 7) is 6.49. The van der Waals surface area contributed by atoms with E-state index in [0.717, 1.165) is 29.9 Å². The van der Waals surface area contributed by atoms with Crippen LogP contribution in [0.1, 0.15) is 35.5 Å².